The standard InChI is InChI=1S/C30H28N2O4S/c1-3-36-25-16-12-23(13-17-25)32-30(34)28(21-8-5-4-6-9-21)37-27-18-14-24(15-19-27)31-29(33)22-10-7-11-26(20-22)35-2/h4-20,28H,3H2,1-2H3,(H,31,33)(H,32,34). The maximum Gasteiger partial charge on any atom is 0.255 e. The molecule has 1 atom stereocenters. The van der Waals surface area contributed by atoms with Crippen LogP contribution in [0.3, 0.4) is 0 Å². The van der Waals surface area contributed by atoms with Crippen LogP contribution in [0.1, 0.15) is 28.1 Å². The van der Waals surface area contributed by atoms with Crippen molar-refractivity contribution in [1.29, 1.82) is 0 Å². The lowest BCUT2D eigenvalue weighted by atomic mass is 10.1. The van der Waals surface area contributed by atoms with Gasteiger partial charge in [0.25, 0.3) is 5.91 Å². The third kappa shape index (κ3) is 7.15. The third-order valence-corrected chi connectivity index (χ3v) is 6.74. The summed E-state index contributed by atoms with van der Waals surface area (Å²) in [6.07, 6.45) is 0. The van der Waals surface area contributed by atoms with Crippen LogP contribution in [0.2, 0.25) is 0 Å². The highest BCUT2D eigenvalue weighted by atomic mass is 32.2. The number of hydrogen-bond donors (Lipinski definition) is 2. The molecule has 37 heavy (non-hydrogen) atoms. The van der Waals surface area contributed by atoms with Gasteiger partial charge in [0, 0.05) is 21.8 Å². The molecule has 0 aliphatic rings. The number of ether oxygens (including phenoxy) is 2. The van der Waals surface area contributed by atoms with E-state index < -0.39 is 5.25 Å². The maximum atomic E-state index is 13.3. The number of hydrogen-bond acceptors (Lipinski definition) is 5. The lowest BCUT2D eigenvalue weighted by molar-refractivity contribution is -0.115. The van der Waals surface area contributed by atoms with Crippen molar-refractivity contribution in [1.82, 2.24) is 0 Å². The maximum absolute atomic E-state index is 13.3. The van der Waals surface area contributed by atoms with Crippen LogP contribution in [-0.2, 0) is 4.79 Å². The first-order valence-corrected chi connectivity index (χ1v) is 12.7. The minimum Gasteiger partial charge on any atom is -0.497 e. The molecule has 0 bridgehead atoms. The molecule has 0 saturated heterocycles. The smallest absolute Gasteiger partial charge is 0.255 e. The van der Waals surface area contributed by atoms with Gasteiger partial charge in [-0.3, -0.25) is 9.59 Å². The zero-order valence-electron chi connectivity index (χ0n) is 20.6. The summed E-state index contributed by atoms with van der Waals surface area (Å²) >= 11 is 1.44. The number of methoxy groups -OCH3 is 1. The van der Waals surface area contributed by atoms with E-state index in [1.54, 1.807) is 31.4 Å². The molecule has 0 spiro atoms. The second-order valence-corrected chi connectivity index (χ2v) is 9.24. The van der Waals surface area contributed by atoms with Crippen molar-refractivity contribution in [3.63, 3.8) is 0 Å². The Morgan fingerprint density at radius 3 is 2.14 bits per heavy atom. The van der Waals surface area contributed by atoms with E-state index in [0.717, 1.165) is 16.2 Å². The molecule has 4 aromatic rings. The van der Waals surface area contributed by atoms with Gasteiger partial charge in [-0.2, -0.15) is 0 Å². The fourth-order valence-electron chi connectivity index (χ4n) is 3.63. The van der Waals surface area contributed by atoms with E-state index >= 15 is 0 Å². The molecular formula is C30H28N2O4S. The lowest BCUT2D eigenvalue weighted by Gasteiger charge is -2.17. The average molecular weight is 513 g/mol. The van der Waals surface area contributed by atoms with Crippen molar-refractivity contribution in [2.24, 2.45) is 0 Å². The lowest BCUT2D eigenvalue weighted by Crippen LogP contribution is -2.19. The molecule has 4 aromatic carbocycles. The highest BCUT2D eigenvalue weighted by Gasteiger charge is 2.22. The summed E-state index contributed by atoms with van der Waals surface area (Å²) in [6.45, 7) is 2.51. The molecule has 0 radical (unpaired) electrons. The average Bonchev–Trinajstić information content (AvgIpc) is 2.94. The van der Waals surface area contributed by atoms with Gasteiger partial charge in [-0.05, 0) is 79.2 Å². The molecule has 2 amide bonds. The summed E-state index contributed by atoms with van der Waals surface area (Å²) in [5.74, 6) is 1.02. The van der Waals surface area contributed by atoms with Crippen molar-refractivity contribution in [3.8, 4) is 11.5 Å². The SMILES string of the molecule is CCOc1ccc(NC(=O)C(Sc2ccc(NC(=O)c3cccc(OC)c3)cc2)c2ccccc2)cc1. The Balaban J connectivity index is 1.46. The number of benzene rings is 4. The van der Waals surface area contributed by atoms with Gasteiger partial charge in [0.2, 0.25) is 5.91 Å². The molecule has 1 unspecified atom stereocenters. The Morgan fingerprint density at radius 1 is 0.784 bits per heavy atom. The number of thioether (sulfide) groups is 1. The number of nitrogens with one attached hydrogen (secondary N) is 2. The van der Waals surface area contributed by atoms with Crippen LogP contribution >= 0.6 is 11.8 Å². The normalized spacial score (nSPS) is 11.3. The molecule has 0 aliphatic heterocycles. The van der Waals surface area contributed by atoms with Gasteiger partial charge in [0.1, 0.15) is 16.7 Å². The number of carbonyl (C=O) groups excluding carboxylic acids is 2. The first-order valence-electron chi connectivity index (χ1n) is 11.9. The monoisotopic (exact) mass is 512 g/mol. The summed E-state index contributed by atoms with van der Waals surface area (Å²) in [7, 11) is 1.56. The van der Waals surface area contributed by atoms with Crippen LogP contribution in [0, 0.1) is 0 Å². The van der Waals surface area contributed by atoms with E-state index in [2.05, 4.69) is 10.6 Å². The highest BCUT2D eigenvalue weighted by Crippen LogP contribution is 2.37. The van der Waals surface area contributed by atoms with Gasteiger partial charge < -0.3 is 20.1 Å². The zero-order chi connectivity index (χ0) is 26.0. The number of carbonyl (C=O) groups is 2. The van der Waals surface area contributed by atoms with Gasteiger partial charge in [-0.15, -0.1) is 11.8 Å². The fraction of sp³-hybridized carbons (Fsp3) is 0.133. The quantitative estimate of drug-likeness (QED) is 0.228. The van der Waals surface area contributed by atoms with Crippen molar-refractivity contribution in [2.75, 3.05) is 24.4 Å². The van der Waals surface area contributed by atoms with Gasteiger partial charge in [-0.1, -0.05) is 36.4 Å². The van der Waals surface area contributed by atoms with Crippen molar-refractivity contribution in [2.45, 2.75) is 17.1 Å². The van der Waals surface area contributed by atoms with Crippen LogP contribution in [0.5, 0.6) is 11.5 Å². The summed E-state index contributed by atoms with van der Waals surface area (Å²) in [4.78, 5) is 26.8. The fourth-order valence-corrected chi connectivity index (χ4v) is 4.65. The highest BCUT2D eigenvalue weighted by molar-refractivity contribution is 8.00. The van der Waals surface area contributed by atoms with E-state index in [1.165, 1.54) is 11.8 Å². The van der Waals surface area contributed by atoms with Gasteiger partial charge in [0.15, 0.2) is 0 Å². The number of amides is 2. The van der Waals surface area contributed by atoms with Crippen LogP contribution in [-0.4, -0.2) is 25.5 Å². The van der Waals surface area contributed by atoms with E-state index in [4.69, 9.17) is 9.47 Å². The van der Waals surface area contributed by atoms with E-state index in [0.29, 0.717) is 29.3 Å². The summed E-state index contributed by atoms with van der Waals surface area (Å²) < 4.78 is 10.7. The molecular weight excluding hydrogens is 484 g/mol. The van der Waals surface area contributed by atoms with Gasteiger partial charge in [-0.25, -0.2) is 0 Å². The Hall–Kier alpha value is -4.23. The number of anilines is 2. The molecule has 0 aromatic heterocycles. The van der Waals surface area contributed by atoms with E-state index in [1.807, 2.05) is 85.8 Å². The molecule has 4 rings (SSSR count). The van der Waals surface area contributed by atoms with Gasteiger partial charge in [0.05, 0.1) is 13.7 Å². The Kier molecular flexibility index (Phi) is 8.84. The summed E-state index contributed by atoms with van der Waals surface area (Å²) in [5.41, 5.74) is 2.76. The summed E-state index contributed by atoms with van der Waals surface area (Å²) in [5, 5.41) is 5.44. The summed E-state index contributed by atoms with van der Waals surface area (Å²) in [6, 6.07) is 31.4. The van der Waals surface area contributed by atoms with Crippen LogP contribution in [0.15, 0.2) is 108 Å². The van der Waals surface area contributed by atoms with E-state index in [-0.39, 0.29) is 11.8 Å². The largest absolute Gasteiger partial charge is 0.497 e. The second-order valence-electron chi connectivity index (χ2n) is 8.07. The van der Waals surface area contributed by atoms with E-state index in [9.17, 15) is 9.59 Å². The molecule has 7 heteroatoms. The van der Waals surface area contributed by atoms with Crippen molar-refractivity contribution in [3.05, 3.63) is 114 Å². The van der Waals surface area contributed by atoms with Crippen LogP contribution in [0.4, 0.5) is 11.4 Å². The molecule has 0 fully saturated rings. The first-order chi connectivity index (χ1) is 18.1. The Morgan fingerprint density at radius 2 is 1.46 bits per heavy atom. The molecule has 0 aliphatic carbocycles. The number of rotatable bonds is 10. The van der Waals surface area contributed by atoms with Crippen LogP contribution < -0.4 is 20.1 Å². The molecule has 2 N–H and O–H groups in total. The van der Waals surface area contributed by atoms with Crippen molar-refractivity contribution >= 4 is 35.0 Å². The Bertz CT molecular complexity index is 1330. The zero-order valence-corrected chi connectivity index (χ0v) is 21.5. The second kappa shape index (κ2) is 12.6. The van der Waals surface area contributed by atoms with Crippen LogP contribution in [0.25, 0.3) is 0 Å². The topological polar surface area (TPSA) is 76.7 Å². The Labute approximate surface area is 221 Å². The predicted molar refractivity (Wildman–Crippen MR) is 149 cm³/mol. The molecule has 6 nitrogen and oxygen atoms in total. The van der Waals surface area contributed by atoms with Crippen molar-refractivity contribution < 1.29 is 19.1 Å². The predicted octanol–water partition coefficient (Wildman–Crippen LogP) is 6.82. The molecule has 0 heterocycles. The van der Waals surface area contributed by atoms with Gasteiger partial charge >= 0.3 is 0 Å². The minimum absolute atomic E-state index is 0.129. The minimum atomic E-state index is -0.468. The molecule has 188 valence electrons. The first kappa shape index (κ1) is 25.9. The third-order valence-electron chi connectivity index (χ3n) is 5.47. The molecule has 0 saturated carbocycles.